The highest BCUT2D eigenvalue weighted by Crippen LogP contribution is 2.31. The first kappa shape index (κ1) is 11.5. The molecule has 1 aromatic rings. The molecule has 2 rings (SSSR count). The van der Waals surface area contributed by atoms with Gasteiger partial charge in [-0.25, -0.2) is 4.98 Å². The van der Waals surface area contributed by atoms with Crippen LogP contribution in [0.4, 0.5) is 11.8 Å². The molecule has 1 aromatic heterocycles. The van der Waals surface area contributed by atoms with E-state index in [4.69, 9.17) is 5.73 Å². The molecule has 0 spiro atoms. The maximum Gasteiger partial charge on any atom is 0.221 e. The molecule has 5 heteroatoms. The summed E-state index contributed by atoms with van der Waals surface area (Å²) in [7, 11) is 0. The Labute approximate surface area is 100 Å². The van der Waals surface area contributed by atoms with E-state index in [1.54, 1.807) is 6.20 Å². The van der Waals surface area contributed by atoms with Crippen LogP contribution in [0, 0.1) is 0 Å². The summed E-state index contributed by atoms with van der Waals surface area (Å²) in [5.41, 5.74) is 5.56. The predicted molar refractivity (Wildman–Crippen MR) is 69.6 cm³/mol. The fourth-order valence-electron chi connectivity index (χ4n) is 2.15. The summed E-state index contributed by atoms with van der Waals surface area (Å²) in [4.78, 5) is 8.07. The van der Waals surface area contributed by atoms with E-state index in [9.17, 15) is 0 Å². The van der Waals surface area contributed by atoms with Crippen molar-refractivity contribution in [3.8, 4) is 0 Å². The Hall–Kier alpha value is -0.970. The highest BCUT2D eigenvalue weighted by Gasteiger charge is 2.27. The Morgan fingerprint density at radius 1 is 1.56 bits per heavy atom. The van der Waals surface area contributed by atoms with Gasteiger partial charge in [-0.2, -0.15) is 16.7 Å². The zero-order valence-electron chi connectivity index (χ0n) is 9.52. The molecule has 1 saturated carbocycles. The SMILES string of the molecule is CCSC1CCCC1Nc1ccnc(N)n1. The number of nitrogens with two attached hydrogens (primary N) is 1. The Bertz CT molecular complexity index is 345. The lowest BCUT2D eigenvalue weighted by Gasteiger charge is -2.20. The molecule has 0 amide bonds. The third kappa shape index (κ3) is 2.78. The monoisotopic (exact) mass is 238 g/mol. The van der Waals surface area contributed by atoms with Gasteiger partial charge in [-0.1, -0.05) is 13.3 Å². The number of thioether (sulfide) groups is 1. The van der Waals surface area contributed by atoms with Crippen molar-refractivity contribution in [1.29, 1.82) is 0 Å². The van der Waals surface area contributed by atoms with Gasteiger partial charge in [-0.3, -0.25) is 0 Å². The molecule has 2 atom stereocenters. The summed E-state index contributed by atoms with van der Waals surface area (Å²) in [5, 5.41) is 4.17. The van der Waals surface area contributed by atoms with Crippen LogP contribution in [0.3, 0.4) is 0 Å². The topological polar surface area (TPSA) is 63.8 Å². The molecule has 0 bridgehead atoms. The molecule has 0 saturated heterocycles. The second-order valence-corrected chi connectivity index (χ2v) is 5.49. The molecule has 16 heavy (non-hydrogen) atoms. The molecule has 0 aromatic carbocycles. The summed E-state index contributed by atoms with van der Waals surface area (Å²) >= 11 is 2.03. The van der Waals surface area contributed by atoms with Crippen LogP contribution in [0.1, 0.15) is 26.2 Å². The second-order valence-electron chi connectivity index (χ2n) is 3.98. The summed E-state index contributed by atoms with van der Waals surface area (Å²) in [6.45, 7) is 2.21. The van der Waals surface area contributed by atoms with Crippen molar-refractivity contribution < 1.29 is 0 Å². The summed E-state index contributed by atoms with van der Waals surface area (Å²) in [6.07, 6.45) is 5.52. The maximum atomic E-state index is 5.56. The lowest BCUT2D eigenvalue weighted by Crippen LogP contribution is -2.26. The van der Waals surface area contributed by atoms with E-state index < -0.39 is 0 Å². The first-order valence-electron chi connectivity index (χ1n) is 5.76. The van der Waals surface area contributed by atoms with Crippen LogP contribution in [-0.4, -0.2) is 27.0 Å². The number of hydrogen-bond acceptors (Lipinski definition) is 5. The molecule has 4 nitrogen and oxygen atoms in total. The van der Waals surface area contributed by atoms with E-state index in [2.05, 4.69) is 22.2 Å². The van der Waals surface area contributed by atoms with Gasteiger partial charge in [0.1, 0.15) is 5.82 Å². The number of hydrogen-bond donors (Lipinski definition) is 2. The summed E-state index contributed by atoms with van der Waals surface area (Å²) in [5.74, 6) is 2.36. The van der Waals surface area contributed by atoms with E-state index in [0.29, 0.717) is 17.2 Å². The van der Waals surface area contributed by atoms with Crippen LogP contribution in [-0.2, 0) is 0 Å². The van der Waals surface area contributed by atoms with E-state index in [1.165, 1.54) is 25.0 Å². The van der Waals surface area contributed by atoms with Gasteiger partial charge in [0.05, 0.1) is 0 Å². The highest BCUT2D eigenvalue weighted by atomic mass is 32.2. The Balaban J connectivity index is 1.98. The van der Waals surface area contributed by atoms with E-state index in [0.717, 1.165) is 5.82 Å². The normalized spacial score (nSPS) is 24.6. The fourth-order valence-corrected chi connectivity index (χ4v) is 3.35. The van der Waals surface area contributed by atoms with Crippen LogP contribution in [0.5, 0.6) is 0 Å². The third-order valence-corrected chi connectivity index (χ3v) is 4.17. The lowest BCUT2D eigenvalue weighted by molar-refractivity contribution is 0.762. The number of rotatable bonds is 4. The van der Waals surface area contributed by atoms with Crippen molar-refractivity contribution in [1.82, 2.24) is 9.97 Å². The van der Waals surface area contributed by atoms with E-state index in [-0.39, 0.29) is 0 Å². The van der Waals surface area contributed by atoms with Crippen LogP contribution in [0.2, 0.25) is 0 Å². The number of anilines is 2. The van der Waals surface area contributed by atoms with Crippen LogP contribution in [0.15, 0.2) is 12.3 Å². The van der Waals surface area contributed by atoms with Gasteiger partial charge in [0, 0.05) is 17.5 Å². The quantitative estimate of drug-likeness (QED) is 0.841. The average Bonchev–Trinajstić information content (AvgIpc) is 2.66. The van der Waals surface area contributed by atoms with Crippen molar-refractivity contribution in [2.24, 2.45) is 0 Å². The Morgan fingerprint density at radius 3 is 3.19 bits per heavy atom. The molecule has 0 radical (unpaired) electrons. The van der Waals surface area contributed by atoms with Crippen molar-refractivity contribution in [2.45, 2.75) is 37.5 Å². The Kier molecular flexibility index (Phi) is 3.88. The fraction of sp³-hybridized carbons (Fsp3) is 0.636. The Morgan fingerprint density at radius 2 is 2.44 bits per heavy atom. The zero-order valence-corrected chi connectivity index (χ0v) is 10.3. The predicted octanol–water partition coefficient (Wildman–Crippen LogP) is 2.14. The van der Waals surface area contributed by atoms with Gasteiger partial charge in [-0.05, 0) is 24.7 Å². The van der Waals surface area contributed by atoms with Crippen molar-refractivity contribution >= 4 is 23.5 Å². The van der Waals surface area contributed by atoms with Crippen molar-refractivity contribution in [2.75, 3.05) is 16.8 Å². The number of aromatic nitrogens is 2. The zero-order chi connectivity index (χ0) is 11.4. The van der Waals surface area contributed by atoms with E-state index in [1.807, 2.05) is 17.8 Å². The smallest absolute Gasteiger partial charge is 0.221 e. The van der Waals surface area contributed by atoms with Gasteiger partial charge in [0.2, 0.25) is 5.95 Å². The van der Waals surface area contributed by atoms with Gasteiger partial charge >= 0.3 is 0 Å². The lowest BCUT2D eigenvalue weighted by atomic mass is 10.2. The van der Waals surface area contributed by atoms with Crippen LogP contribution >= 0.6 is 11.8 Å². The minimum Gasteiger partial charge on any atom is -0.368 e. The molecular formula is C11H18N4S. The number of nitrogen functional groups attached to an aromatic ring is 1. The molecule has 1 aliphatic rings. The van der Waals surface area contributed by atoms with Gasteiger partial charge in [0.25, 0.3) is 0 Å². The average molecular weight is 238 g/mol. The standard InChI is InChI=1S/C11H18N4S/c1-2-16-9-5-3-4-8(9)14-10-6-7-13-11(12)15-10/h6-9H,2-5H2,1H3,(H3,12,13,14,15). The van der Waals surface area contributed by atoms with E-state index >= 15 is 0 Å². The second kappa shape index (κ2) is 5.39. The molecule has 0 aliphatic heterocycles. The van der Waals surface area contributed by atoms with Gasteiger partial charge in [-0.15, -0.1) is 0 Å². The molecule has 1 aliphatic carbocycles. The van der Waals surface area contributed by atoms with Crippen molar-refractivity contribution in [3.63, 3.8) is 0 Å². The highest BCUT2D eigenvalue weighted by molar-refractivity contribution is 7.99. The maximum absolute atomic E-state index is 5.56. The molecule has 3 N–H and O–H groups in total. The summed E-state index contributed by atoms with van der Waals surface area (Å²) in [6, 6.07) is 2.40. The largest absolute Gasteiger partial charge is 0.368 e. The first-order valence-corrected chi connectivity index (χ1v) is 6.81. The van der Waals surface area contributed by atoms with Crippen LogP contribution in [0.25, 0.3) is 0 Å². The third-order valence-electron chi connectivity index (χ3n) is 2.84. The number of nitrogens with one attached hydrogen (secondary N) is 1. The van der Waals surface area contributed by atoms with Crippen LogP contribution < -0.4 is 11.1 Å². The number of nitrogens with zero attached hydrogens (tertiary/aromatic N) is 2. The van der Waals surface area contributed by atoms with Gasteiger partial charge in [0.15, 0.2) is 0 Å². The minimum absolute atomic E-state index is 0.336. The molecule has 1 heterocycles. The molecule has 2 unspecified atom stereocenters. The minimum atomic E-state index is 0.336. The van der Waals surface area contributed by atoms with Gasteiger partial charge < -0.3 is 11.1 Å². The molecule has 1 fully saturated rings. The first-order chi connectivity index (χ1) is 7.79. The van der Waals surface area contributed by atoms with Crippen molar-refractivity contribution in [3.05, 3.63) is 12.3 Å². The summed E-state index contributed by atoms with van der Waals surface area (Å²) < 4.78 is 0. The molecular weight excluding hydrogens is 220 g/mol. The molecule has 88 valence electrons.